The molecule has 0 spiro atoms. The number of para-hydroxylation sites is 1. The average Bonchev–Trinajstić information content (AvgIpc) is 2.39. The maximum Gasteiger partial charge on any atom is 0.127 e. The smallest absolute Gasteiger partial charge is 0.127 e. The van der Waals surface area contributed by atoms with Crippen LogP contribution in [0.2, 0.25) is 0 Å². The van der Waals surface area contributed by atoms with Gasteiger partial charge in [0.2, 0.25) is 0 Å². The Hall–Kier alpha value is -1.87. The van der Waals surface area contributed by atoms with Gasteiger partial charge in [-0.15, -0.1) is 0 Å². The van der Waals surface area contributed by atoms with E-state index in [0.717, 1.165) is 5.56 Å². The van der Waals surface area contributed by atoms with E-state index in [0.29, 0.717) is 5.56 Å². The summed E-state index contributed by atoms with van der Waals surface area (Å²) in [6.45, 7) is 3.86. The first-order valence-corrected chi connectivity index (χ1v) is 6.38. The van der Waals surface area contributed by atoms with Gasteiger partial charge in [-0.05, 0) is 26.0 Å². The summed E-state index contributed by atoms with van der Waals surface area (Å²) in [7, 11) is 0. The van der Waals surface area contributed by atoms with Crippen LogP contribution in [0.15, 0.2) is 48.5 Å². The molecular formula is C16H18FNO. The molecule has 2 aromatic rings. The number of phenolic OH excluding ortho intramolecular Hbond substituents is 1. The van der Waals surface area contributed by atoms with Gasteiger partial charge in [-0.3, -0.25) is 0 Å². The standard InChI is InChI=1S/C16H18FNO/c1-11(13-7-3-5-9-15(13)17)18-12(2)14-8-4-6-10-16(14)19/h3-12,18-19H,1-2H3. The van der Waals surface area contributed by atoms with Crippen LogP contribution in [0.4, 0.5) is 4.39 Å². The molecule has 0 saturated carbocycles. The quantitative estimate of drug-likeness (QED) is 0.871. The molecule has 2 rings (SSSR count). The SMILES string of the molecule is CC(NC(C)c1ccccc1F)c1ccccc1O. The summed E-state index contributed by atoms with van der Waals surface area (Å²) in [5, 5.41) is 13.1. The van der Waals surface area contributed by atoms with Crippen molar-refractivity contribution in [1.29, 1.82) is 0 Å². The predicted molar refractivity (Wildman–Crippen MR) is 74.5 cm³/mol. The van der Waals surface area contributed by atoms with Crippen molar-refractivity contribution in [1.82, 2.24) is 5.32 Å². The number of rotatable bonds is 4. The summed E-state index contributed by atoms with van der Waals surface area (Å²) in [6.07, 6.45) is 0. The lowest BCUT2D eigenvalue weighted by Gasteiger charge is -2.21. The van der Waals surface area contributed by atoms with E-state index >= 15 is 0 Å². The number of benzene rings is 2. The van der Waals surface area contributed by atoms with Gasteiger partial charge >= 0.3 is 0 Å². The minimum atomic E-state index is -0.216. The molecule has 2 nitrogen and oxygen atoms in total. The Labute approximate surface area is 112 Å². The maximum absolute atomic E-state index is 13.7. The molecule has 2 unspecified atom stereocenters. The fraction of sp³-hybridized carbons (Fsp3) is 0.250. The maximum atomic E-state index is 13.7. The van der Waals surface area contributed by atoms with Crippen molar-refractivity contribution >= 4 is 0 Å². The van der Waals surface area contributed by atoms with Crippen LogP contribution in [0.5, 0.6) is 5.75 Å². The van der Waals surface area contributed by atoms with E-state index in [9.17, 15) is 9.50 Å². The zero-order valence-corrected chi connectivity index (χ0v) is 11.1. The van der Waals surface area contributed by atoms with E-state index in [-0.39, 0.29) is 23.7 Å². The van der Waals surface area contributed by atoms with Crippen LogP contribution in [-0.4, -0.2) is 5.11 Å². The molecule has 0 radical (unpaired) electrons. The molecule has 0 heterocycles. The Morgan fingerprint density at radius 1 is 0.895 bits per heavy atom. The predicted octanol–water partition coefficient (Wildman–Crippen LogP) is 3.94. The Kier molecular flexibility index (Phi) is 4.17. The molecule has 2 atom stereocenters. The van der Waals surface area contributed by atoms with E-state index in [4.69, 9.17) is 0 Å². The molecule has 0 amide bonds. The van der Waals surface area contributed by atoms with Crippen LogP contribution in [0, 0.1) is 5.82 Å². The number of halogens is 1. The van der Waals surface area contributed by atoms with Crippen molar-refractivity contribution in [3.8, 4) is 5.75 Å². The van der Waals surface area contributed by atoms with Gasteiger partial charge in [-0.25, -0.2) is 4.39 Å². The van der Waals surface area contributed by atoms with Gasteiger partial charge in [0.05, 0.1) is 0 Å². The second-order valence-electron chi connectivity index (χ2n) is 4.69. The minimum Gasteiger partial charge on any atom is -0.508 e. The van der Waals surface area contributed by atoms with E-state index in [1.165, 1.54) is 6.07 Å². The topological polar surface area (TPSA) is 32.3 Å². The van der Waals surface area contributed by atoms with Crippen molar-refractivity contribution in [2.24, 2.45) is 0 Å². The molecule has 0 saturated heterocycles. The number of phenols is 1. The fourth-order valence-corrected chi connectivity index (χ4v) is 2.23. The molecule has 0 aliphatic heterocycles. The van der Waals surface area contributed by atoms with Gasteiger partial charge in [-0.2, -0.15) is 0 Å². The highest BCUT2D eigenvalue weighted by molar-refractivity contribution is 5.34. The zero-order valence-electron chi connectivity index (χ0n) is 11.1. The molecule has 2 aromatic carbocycles. The molecule has 2 N–H and O–H groups in total. The van der Waals surface area contributed by atoms with Crippen molar-refractivity contribution < 1.29 is 9.50 Å². The monoisotopic (exact) mass is 259 g/mol. The Bertz CT molecular complexity index is 506. The van der Waals surface area contributed by atoms with Crippen LogP contribution in [0.1, 0.15) is 37.1 Å². The lowest BCUT2D eigenvalue weighted by Crippen LogP contribution is -2.23. The third-order valence-corrected chi connectivity index (χ3v) is 3.27. The molecule has 0 aliphatic carbocycles. The molecule has 0 bridgehead atoms. The summed E-state index contributed by atoms with van der Waals surface area (Å²) < 4.78 is 13.7. The number of aromatic hydroxyl groups is 1. The van der Waals surface area contributed by atoms with Crippen LogP contribution in [0.25, 0.3) is 0 Å². The number of hydrogen-bond acceptors (Lipinski definition) is 2. The van der Waals surface area contributed by atoms with Crippen molar-refractivity contribution in [3.63, 3.8) is 0 Å². The normalized spacial score (nSPS) is 14.1. The number of hydrogen-bond donors (Lipinski definition) is 2. The summed E-state index contributed by atoms with van der Waals surface area (Å²) in [4.78, 5) is 0. The van der Waals surface area contributed by atoms with Crippen LogP contribution in [-0.2, 0) is 0 Å². The van der Waals surface area contributed by atoms with E-state index in [1.54, 1.807) is 24.3 Å². The highest BCUT2D eigenvalue weighted by atomic mass is 19.1. The second kappa shape index (κ2) is 5.85. The van der Waals surface area contributed by atoms with Crippen molar-refractivity contribution in [3.05, 3.63) is 65.5 Å². The van der Waals surface area contributed by atoms with E-state index < -0.39 is 0 Å². The summed E-state index contributed by atoms with van der Waals surface area (Å²) in [6, 6.07) is 13.7. The molecule has 0 aromatic heterocycles. The van der Waals surface area contributed by atoms with Gasteiger partial charge in [0.1, 0.15) is 11.6 Å². The van der Waals surface area contributed by atoms with Crippen molar-refractivity contribution in [2.45, 2.75) is 25.9 Å². The largest absolute Gasteiger partial charge is 0.508 e. The first-order chi connectivity index (χ1) is 9.09. The zero-order chi connectivity index (χ0) is 13.8. The molecule has 3 heteroatoms. The van der Waals surface area contributed by atoms with Crippen molar-refractivity contribution in [2.75, 3.05) is 0 Å². The molecule has 19 heavy (non-hydrogen) atoms. The highest BCUT2D eigenvalue weighted by Gasteiger charge is 2.15. The summed E-state index contributed by atoms with van der Waals surface area (Å²) in [5.74, 6) is 0.0372. The highest BCUT2D eigenvalue weighted by Crippen LogP contribution is 2.26. The Morgan fingerprint density at radius 2 is 1.42 bits per heavy atom. The molecule has 0 aliphatic rings. The van der Waals surface area contributed by atoms with Crippen LogP contribution < -0.4 is 5.32 Å². The molecule has 0 fully saturated rings. The first kappa shape index (κ1) is 13.6. The van der Waals surface area contributed by atoms with E-state index in [1.807, 2.05) is 32.0 Å². The summed E-state index contributed by atoms with van der Waals surface area (Å²) in [5.41, 5.74) is 1.44. The lowest BCUT2D eigenvalue weighted by atomic mass is 10.0. The van der Waals surface area contributed by atoms with Gasteiger partial charge in [0, 0.05) is 23.2 Å². The van der Waals surface area contributed by atoms with Crippen LogP contribution >= 0.6 is 0 Å². The second-order valence-corrected chi connectivity index (χ2v) is 4.69. The summed E-state index contributed by atoms with van der Waals surface area (Å²) >= 11 is 0. The lowest BCUT2D eigenvalue weighted by molar-refractivity contribution is 0.433. The van der Waals surface area contributed by atoms with E-state index in [2.05, 4.69) is 5.32 Å². The minimum absolute atomic E-state index is 0.0594. The third kappa shape index (κ3) is 3.12. The van der Waals surface area contributed by atoms with Gasteiger partial charge in [0.15, 0.2) is 0 Å². The van der Waals surface area contributed by atoms with Gasteiger partial charge in [0.25, 0.3) is 0 Å². The number of nitrogens with one attached hydrogen (secondary N) is 1. The van der Waals surface area contributed by atoms with Gasteiger partial charge < -0.3 is 10.4 Å². The van der Waals surface area contributed by atoms with Crippen LogP contribution in [0.3, 0.4) is 0 Å². The third-order valence-electron chi connectivity index (χ3n) is 3.27. The Morgan fingerprint density at radius 3 is 2.05 bits per heavy atom. The average molecular weight is 259 g/mol. The molecule has 100 valence electrons. The first-order valence-electron chi connectivity index (χ1n) is 6.38. The Balaban J connectivity index is 2.13. The fourth-order valence-electron chi connectivity index (χ4n) is 2.23. The van der Waals surface area contributed by atoms with Gasteiger partial charge in [-0.1, -0.05) is 36.4 Å². The molecular weight excluding hydrogens is 241 g/mol.